The standard InChI is InChI=1S/C26H28BrNO3/c1-16-7-6-10-28(14-16)24(29)11-17(2)21-13-22-23(19-8-5-9-20(27)12-19)15-31-26(22)18(3)25(21)30-4/h5,8-9,11-13,15-16H,6-7,10,14H2,1-4H3/b17-11+. The minimum Gasteiger partial charge on any atom is -0.496 e. The van der Waals surface area contributed by atoms with Crippen molar-refractivity contribution in [1.82, 2.24) is 4.90 Å². The molecule has 1 saturated heterocycles. The van der Waals surface area contributed by atoms with E-state index < -0.39 is 0 Å². The predicted molar refractivity (Wildman–Crippen MR) is 129 cm³/mol. The van der Waals surface area contributed by atoms with Crippen LogP contribution in [0.4, 0.5) is 0 Å². The lowest BCUT2D eigenvalue weighted by Gasteiger charge is -2.30. The summed E-state index contributed by atoms with van der Waals surface area (Å²) < 4.78 is 12.7. The molecule has 1 unspecified atom stereocenters. The van der Waals surface area contributed by atoms with Gasteiger partial charge in [-0.2, -0.15) is 0 Å². The van der Waals surface area contributed by atoms with Crippen LogP contribution in [0.2, 0.25) is 0 Å². The number of fused-ring (bicyclic) bond motifs is 1. The molecule has 162 valence electrons. The molecular weight excluding hydrogens is 454 g/mol. The second-order valence-corrected chi connectivity index (χ2v) is 9.39. The molecule has 1 aliphatic heterocycles. The molecule has 1 atom stereocenters. The number of furan rings is 1. The van der Waals surface area contributed by atoms with Gasteiger partial charge in [0.05, 0.1) is 13.4 Å². The van der Waals surface area contributed by atoms with Crippen molar-refractivity contribution >= 4 is 38.4 Å². The quantitative estimate of drug-likeness (QED) is 0.383. The highest BCUT2D eigenvalue weighted by Crippen LogP contribution is 2.41. The van der Waals surface area contributed by atoms with E-state index in [1.54, 1.807) is 19.4 Å². The molecule has 31 heavy (non-hydrogen) atoms. The molecular formula is C26H28BrNO3. The number of carbonyl (C=O) groups excluding carboxylic acids is 1. The van der Waals surface area contributed by atoms with Crippen LogP contribution in [-0.2, 0) is 4.79 Å². The van der Waals surface area contributed by atoms with Crippen LogP contribution in [-0.4, -0.2) is 31.0 Å². The highest BCUT2D eigenvalue weighted by atomic mass is 79.9. The number of aryl methyl sites for hydroxylation is 1. The summed E-state index contributed by atoms with van der Waals surface area (Å²) in [5.41, 5.74) is 5.65. The summed E-state index contributed by atoms with van der Waals surface area (Å²) in [6, 6.07) is 10.2. The number of carbonyl (C=O) groups is 1. The number of allylic oxidation sites excluding steroid dienone is 1. The number of hydrogen-bond donors (Lipinski definition) is 0. The molecule has 5 heteroatoms. The van der Waals surface area contributed by atoms with Gasteiger partial charge < -0.3 is 14.1 Å². The van der Waals surface area contributed by atoms with E-state index in [0.717, 1.165) is 68.5 Å². The molecule has 0 spiro atoms. The van der Waals surface area contributed by atoms with Gasteiger partial charge in [-0.25, -0.2) is 0 Å². The van der Waals surface area contributed by atoms with E-state index in [1.165, 1.54) is 6.42 Å². The predicted octanol–water partition coefficient (Wildman–Crippen LogP) is 6.84. The molecule has 1 amide bonds. The zero-order valence-electron chi connectivity index (χ0n) is 18.5. The second-order valence-electron chi connectivity index (χ2n) is 8.48. The Kier molecular flexibility index (Phi) is 6.24. The Morgan fingerprint density at radius 1 is 1.32 bits per heavy atom. The van der Waals surface area contributed by atoms with E-state index in [9.17, 15) is 4.79 Å². The summed E-state index contributed by atoms with van der Waals surface area (Å²) in [7, 11) is 1.66. The number of likely N-dealkylation sites (tertiary alicyclic amines) is 1. The van der Waals surface area contributed by atoms with Crippen LogP contribution in [0.25, 0.3) is 27.7 Å². The van der Waals surface area contributed by atoms with Crippen molar-refractivity contribution < 1.29 is 13.9 Å². The Morgan fingerprint density at radius 2 is 2.13 bits per heavy atom. The van der Waals surface area contributed by atoms with Crippen LogP contribution in [0.3, 0.4) is 0 Å². The molecule has 0 bridgehead atoms. The molecule has 2 heterocycles. The summed E-state index contributed by atoms with van der Waals surface area (Å²) >= 11 is 3.55. The number of rotatable bonds is 4. The van der Waals surface area contributed by atoms with Gasteiger partial charge in [-0.1, -0.05) is 35.0 Å². The topological polar surface area (TPSA) is 42.7 Å². The summed E-state index contributed by atoms with van der Waals surface area (Å²) in [6.07, 6.45) is 5.80. The molecule has 4 rings (SSSR count). The largest absolute Gasteiger partial charge is 0.496 e. The molecule has 0 N–H and O–H groups in total. The monoisotopic (exact) mass is 481 g/mol. The van der Waals surface area contributed by atoms with Crippen LogP contribution >= 0.6 is 15.9 Å². The van der Waals surface area contributed by atoms with Gasteiger partial charge >= 0.3 is 0 Å². The molecule has 3 aromatic rings. The third kappa shape index (κ3) is 4.29. The third-order valence-corrected chi connectivity index (χ3v) is 6.61. The Balaban J connectivity index is 1.79. The van der Waals surface area contributed by atoms with Crippen molar-refractivity contribution in [3.8, 4) is 16.9 Å². The minimum absolute atomic E-state index is 0.0725. The second kappa shape index (κ2) is 8.91. The van der Waals surface area contributed by atoms with Crippen molar-refractivity contribution in [2.45, 2.75) is 33.6 Å². The maximum Gasteiger partial charge on any atom is 0.246 e. The number of halogens is 1. The average Bonchev–Trinajstić information content (AvgIpc) is 3.18. The van der Waals surface area contributed by atoms with Crippen molar-refractivity contribution in [2.75, 3.05) is 20.2 Å². The number of benzene rings is 2. The number of amides is 1. The Bertz CT molecular complexity index is 1160. The van der Waals surface area contributed by atoms with E-state index in [0.29, 0.717) is 5.92 Å². The smallest absolute Gasteiger partial charge is 0.246 e. The average molecular weight is 482 g/mol. The SMILES string of the molecule is COc1c(/C(C)=C/C(=O)N2CCCC(C)C2)cc2c(-c3cccc(Br)c3)coc2c1C. The molecule has 1 aliphatic rings. The first kappa shape index (κ1) is 21.7. The molecule has 1 aromatic heterocycles. The van der Waals surface area contributed by atoms with Gasteiger partial charge in [-0.05, 0) is 61.9 Å². The van der Waals surface area contributed by atoms with Crippen LogP contribution in [0.15, 0.2) is 51.6 Å². The lowest BCUT2D eigenvalue weighted by Crippen LogP contribution is -2.38. The van der Waals surface area contributed by atoms with Crippen molar-refractivity contribution in [3.63, 3.8) is 0 Å². The van der Waals surface area contributed by atoms with Crippen LogP contribution < -0.4 is 4.74 Å². The van der Waals surface area contributed by atoms with E-state index >= 15 is 0 Å². The van der Waals surface area contributed by atoms with E-state index in [4.69, 9.17) is 9.15 Å². The normalized spacial score (nSPS) is 17.3. The summed E-state index contributed by atoms with van der Waals surface area (Å²) in [4.78, 5) is 14.9. The molecule has 0 aliphatic carbocycles. The van der Waals surface area contributed by atoms with E-state index in [1.807, 2.05) is 30.9 Å². The minimum atomic E-state index is 0.0725. The number of piperidine rings is 1. The van der Waals surface area contributed by atoms with Gasteiger partial charge in [0.25, 0.3) is 0 Å². The summed E-state index contributed by atoms with van der Waals surface area (Å²) in [5.74, 6) is 1.37. The van der Waals surface area contributed by atoms with Gasteiger partial charge in [0.2, 0.25) is 5.91 Å². The van der Waals surface area contributed by atoms with Crippen LogP contribution in [0.5, 0.6) is 5.75 Å². The van der Waals surface area contributed by atoms with Crippen molar-refractivity contribution in [2.24, 2.45) is 5.92 Å². The third-order valence-electron chi connectivity index (χ3n) is 6.12. The number of methoxy groups -OCH3 is 1. The van der Waals surface area contributed by atoms with Crippen LogP contribution in [0.1, 0.15) is 37.8 Å². The first-order valence-corrected chi connectivity index (χ1v) is 11.5. The van der Waals surface area contributed by atoms with E-state index in [-0.39, 0.29) is 5.91 Å². The highest BCUT2D eigenvalue weighted by molar-refractivity contribution is 9.10. The van der Waals surface area contributed by atoms with E-state index in [2.05, 4.69) is 41.1 Å². The fourth-order valence-electron chi connectivity index (χ4n) is 4.50. The maximum atomic E-state index is 12.9. The van der Waals surface area contributed by atoms with Crippen molar-refractivity contribution in [1.29, 1.82) is 0 Å². The zero-order valence-corrected chi connectivity index (χ0v) is 20.1. The molecule has 1 fully saturated rings. The van der Waals surface area contributed by atoms with Gasteiger partial charge in [0.1, 0.15) is 11.3 Å². The molecule has 0 radical (unpaired) electrons. The van der Waals surface area contributed by atoms with Gasteiger partial charge in [0.15, 0.2) is 0 Å². The number of nitrogens with zero attached hydrogens (tertiary/aromatic N) is 1. The van der Waals surface area contributed by atoms with Gasteiger partial charge in [-0.15, -0.1) is 0 Å². The van der Waals surface area contributed by atoms with Crippen molar-refractivity contribution in [3.05, 3.63) is 58.3 Å². The number of hydrogen-bond acceptors (Lipinski definition) is 3. The first-order valence-electron chi connectivity index (χ1n) is 10.7. The summed E-state index contributed by atoms with van der Waals surface area (Å²) in [5, 5.41) is 1.01. The Hall–Kier alpha value is -2.53. The Labute approximate surface area is 192 Å². The van der Waals surface area contributed by atoms with Gasteiger partial charge in [0, 0.05) is 45.7 Å². The molecule has 0 saturated carbocycles. The summed E-state index contributed by atoms with van der Waals surface area (Å²) in [6.45, 7) is 7.84. The number of ether oxygens (including phenoxy) is 1. The fraction of sp³-hybridized carbons (Fsp3) is 0.346. The van der Waals surface area contributed by atoms with Gasteiger partial charge in [-0.3, -0.25) is 4.79 Å². The first-order chi connectivity index (χ1) is 14.9. The lowest BCUT2D eigenvalue weighted by atomic mass is 9.96. The van der Waals surface area contributed by atoms with Crippen LogP contribution in [0, 0.1) is 12.8 Å². The molecule has 4 nitrogen and oxygen atoms in total. The Morgan fingerprint density at radius 3 is 2.84 bits per heavy atom. The maximum absolute atomic E-state index is 12.9. The zero-order chi connectivity index (χ0) is 22.1. The lowest BCUT2D eigenvalue weighted by molar-refractivity contribution is -0.127. The fourth-order valence-corrected chi connectivity index (χ4v) is 4.89. The highest BCUT2D eigenvalue weighted by Gasteiger charge is 2.22. The molecule has 2 aromatic carbocycles.